The van der Waals surface area contributed by atoms with E-state index in [9.17, 15) is 9.59 Å². The van der Waals surface area contributed by atoms with Gasteiger partial charge in [-0.1, -0.05) is 26.8 Å². The molecule has 0 aliphatic carbocycles. The lowest BCUT2D eigenvalue weighted by Gasteiger charge is -2.27. The molecule has 0 saturated carbocycles. The van der Waals surface area contributed by atoms with Gasteiger partial charge in [-0.2, -0.15) is 0 Å². The fourth-order valence-electron chi connectivity index (χ4n) is 2.59. The average Bonchev–Trinajstić information content (AvgIpc) is 2.51. The van der Waals surface area contributed by atoms with Crippen molar-refractivity contribution in [2.24, 2.45) is 0 Å². The molecule has 1 saturated heterocycles. The van der Waals surface area contributed by atoms with Gasteiger partial charge in [-0.05, 0) is 29.2 Å². The third-order valence-corrected chi connectivity index (χ3v) is 4.75. The van der Waals surface area contributed by atoms with Crippen molar-refractivity contribution in [2.45, 2.75) is 33.1 Å². The fourth-order valence-corrected chi connectivity index (χ4v) is 3.59. The molecule has 1 aromatic rings. The molecule has 1 aliphatic heterocycles. The first-order chi connectivity index (χ1) is 11.7. The van der Waals surface area contributed by atoms with Gasteiger partial charge in [0.15, 0.2) is 0 Å². The molecule has 0 bridgehead atoms. The summed E-state index contributed by atoms with van der Waals surface area (Å²) >= 11 is 1.55. The maximum absolute atomic E-state index is 12.5. The van der Waals surface area contributed by atoms with Crippen LogP contribution in [0.25, 0.3) is 6.08 Å². The van der Waals surface area contributed by atoms with E-state index in [-0.39, 0.29) is 17.3 Å². The SMILES string of the molecule is COCN1CCS/C(=C\c2ccc(OC(C)=O)c(C(C)(C)C)c2)C1=O. The molecule has 25 heavy (non-hydrogen) atoms. The van der Waals surface area contributed by atoms with Gasteiger partial charge in [0.05, 0.1) is 4.91 Å². The molecule has 0 atom stereocenters. The molecule has 0 N–H and O–H groups in total. The standard InChI is InChI=1S/C19H25NO4S/c1-13(21)24-16-7-6-14(10-15(16)19(2,3)4)11-17-18(22)20(12-23-5)8-9-25-17/h6-7,10-11H,8-9,12H2,1-5H3/b17-11-. The topological polar surface area (TPSA) is 55.8 Å². The summed E-state index contributed by atoms with van der Waals surface area (Å²) in [5, 5.41) is 0. The predicted molar refractivity (Wildman–Crippen MR) is 100 cm³/mol. The van der Waals surface area contributed by atoms with Gasteiger partial charge in [-0.15, -0.1) is 11.8 Å². The summed E-state index contributed by atoms with van der Waals surface area (Å²) in [6, 6.07) is 5.64. The van der Waals surface area contributed by atoms with Crippen LogP contribution in [0, 0.1) is 0 Å². The van der Waals surface area contributed by atoms with Crippen LogP contribution in [0.1, 0.15) is 38.8 Å². The zero-order valence-corrected chi connectivity index (χ0v) is 16.2. The Labute approximate surface area is 153 Å². The van der Waals surface area contributed by atoms with Crippen molar-refractivity contribution < 1.29 is 19.1 Å². The monoisotopic (exact) mass is 363 g/mol. The van der Waals surface area contributed by atoms with Crippen molar-refractivity contribution in [2.75, 3.05) is 26.1 Å². The summed E-state index contributed by atoms with van der Waals surface area (Å²) in [5.41, 5.74) is 1.65. The minimum atomic E-state index is -0.343. The number of rotatable bonds is 4. The highest BCUT2D eigenvalue weighted by Crippen LogP contribution is 2.34. The largest absolute Gasteiger partial charge is 0.426 e. The van der Waals surface area contributed by atoms with Gasteiger partial charge in [0.2, 0.25) is 0 Å². The van der Waals surface area contributed by atoms with E-state index < -0.39 is 0 Å². The number of carbonyl (C=O) groups is 2. The van der Waals surface area contributed by atoms with E-state index >= 15 is 0 Å². The van der Waals surface area contributed by atoms with Gasteiger partial charge in [0, 0.05) is 31.9 Å². The van der Waals surface area contributed by atoms with E-state index in [1.807, 2.05) is 18.2 Å². The Morgan fingerprint density at radius 1 is 1.36 bits per heavy atom. The average molecular weight is 363 g/mol. The summed E-state index contributed by atoms with van der Waals surface area (Å²) in [5.74, 6) is 1.05. The summed E-state index contributed by atoms with van der Waals surface area (Å²) in [6.07, 6.45) is 1.89. The van der Waals surface area contributed by atoms with Crippen molar-refractivity contribution in [3.8, 4) is 5.75 Å². The van der Waals surface area contributed by atoms with Gasteiger partial charge >= 0.3 is 5.97 Å². The van der Waals surface area contributed by atoms with Crippen LogP contribution in [0.15, 0.2) is 23.1 Å². The van der Waals surface area contributed by atoms with Crippen molar-refractivity contribution >= 4 is 29.7 Å². The second kappa shape index (κ2) is 8.06. The molecule has 1 aromatic carbocycles. The van der Waals surface area contributed by atoms with Crippen molar-refractivity contribution in [1.29, 1.82) is 0 Å². The van der Waals surface area contributed by atoms with E-state index in [0.717, 1.165) is 16.9 Å². The third kappa shape index (κ3) is 5.09. The van der Waals surface area contributed by atoms with E-state index in [2.05, 4.69) is 20.8 Å². The Hall–Kier alpha value is -1.79. The quantitative estimate of drug-likeness (QED) is 0.466. The smallest absolute Gasteiger partial charge is 0.308 e. The van der Waals surface area contributed by atoms with E-state index in [4.69, 9.17) is 9.47 Å². The number of amides is 1. The van der Waals surface area contributed by atoms with Crippen LogP contribution in [0.5, 0.6) is 5.75 Å². The molecule has 2 rings (SSSR count). The van der Waals surface area contributed by atoms with Gasteiger partial charge in [-0.3, -0.25) is 9.59 Å². The van der Waals surface area contributed by atoms with Crippen LogP contribution >= 0.6 is 11.8 Å². The Balaban J connectivity index is 2.36. The molecular formula is C19H25NO4S. The second-order valence-corrected chi connectivity index (χ2v) is 8.08. The van der Waals surface area contributed by atoms with Crippen LogP contribution in [0.4, 0.5) is 0 Å². The van der Waals surface area contributed by atoms with E-state index in [0.29, 0.717) is 23.9 Å². The molecule has 0 spiro atoms. The van der Waals surface area contributed by atoms with Crippen molar-refractivity contribution in [1.82, 2.24) is 4.90 Å². The normalized spacial score (nSPS) is 17.1. The first-order valence-electron chi connectivity index (χ1n) is 8.18. The van der Waals surface area contributed by atoms with Crippen LogP contribution in [-0.2, 0) is 19.7 Å². The molecule has 5 nitrogen and oxygen atoms in total. The number of hydrogen-bond acceptors (Lipinski definition) is 5. The number of nitrogens with zero attached hydrogens (tertiary/aromatic N) is 1. The number of carbonyl (C=O) groups excluding carboxylic acids is 2. The van der Waals surface area contributed by atoms with Gasteiger partial charge in [0.25, 0.3) is 5.91 Å². The molecular weight excluding hydrogens is 338 g/mol. The molecule has 1 fully saturated rings. The first kappa shape index (κ1) is 19.5. The molecule has 1 heterocycles. The Bertz CT molecular complexity index is 689. The number of thioether (sulfide) groups is 1. The Kier molecular flexibility index (Phi) is 6.30. The van der Waals surface area contributed by atoms with E-state index in [1.165, 1.54) is 6.92 Å². The summed E-state index contributed by atoms with van der Waals surface area (Å²) in [6.45, 7) is 8.57. The highest BCUT2D eigenvalue weighted by molar-refractivity contribution is 8.04. The molecule has 6 heteroatoms. The minimum Gasteiger partial charge on any atom is -0.426 e. The molecule has 136 valence electrons. The molecule has 1 amide bonds. The van der Waals surface area contributed by atoms with Crippen LogP contribution in [0.2, 0.25) is 0 Å². The van der Waals surface area contributed by atoms with Gasteiger partial charge in [0.1, 0.15) is 12.5 Å². The summed E-state index contributed by atoms with van der Waals surface area (Å²) < 4.78 is 10.4. The highest BCUT2D eigenvalue weighted by Gasteiger charge is 2.24. The lowest BCUT2D eigenvalue weighted by molar-refractivity contribution is -0.132. The van der Waals surface area contributed by atoms with Gasteiger partial charge in [-0.25, -0.2) is 0 Å². The first-order valence-corrected chi connectivity index (χ1v) is 9.16. The lowest BCUT2D eigenvalue weighted by Crippen LogP contribution is -2.38. The number of esters is 1. The van der Waals surface area contributed by atoms with Crippen LogP contribution < -0.4 is 4.74 Å². The maximum atomic E-state index is 12.5. The zero-order chi connectivity index (χ0) is 18.6. The minimum absolute atomic E-state index is 0.0144. The molecule has 1 aliphatic rings. The number of ether oxygens (including phenoxy) is 2. The maximum Gasteiger partial charge on any atom is 0.308 e. The van der Waals surface area contributed by atoms with Gasteiger partial charge < -0.3 is 14.4 Å². The summed E-state index contributed by atoms with van der Waals surface area (Å²) in [7, 11) is 1.59. The molecule has 0 radical (unpaired) electrons. The van der Waals surface area contributed by atoms with E-state index in [1.54, 1.807) is 29.8 Å². The fraction of sp³-hybridized carbons (Fsp3) is 0.474. The number of benzene rings is 1. The van der Waals surface area contributed by atoms with Crippen LogP contribution in [-0.4, -0.2) is 42.9 Å². The Morgan fingerprint density at radius 2 is 2.08 bits per heavy atom. The summed E-state index contributed by atoms with van der Waals surface area (Å²) in [4.78, 5) is 26.2. The lowest BCUT2D eigenvalue weighted by atomic mass is 9.85. The molecule has 0 aromatic heterocycles. The number of methoxy groups -OCH3 is 1. The van der Waals surface area contributed by atoms with Crippen molar-refractivity contribution in [3.63, 3.8) is 0 Å². The van der Waals surface area contributed by atoms with Crippen molar-refractivity contribution in [3.05, 3.63) is 34.2 Å². The molecule has 0 unspecified atom stereocenters. The predicted octanol–water partition coefficient (Wildman–Crippen LogP) is 3.43. The Morgan fingerprint density at radius 3 is 2.68 bits per heavy atom. The second-order valence-electron chi connectivity index (χ2n) is 6.94. The highest BCUT2D eigenvalue weighted by atomic mass is 32.2. The zero-order valence-electron chi connectivity index (χ0n) is 15.4. The van der Waals surface area contributed by atoms with Crippen LogP contribution in [0.3, 0.4) is 0 Å². The number of hydrogen-bond donors (Lipinski definition) is 0. The third-order valence-electron chi connectivity index (χ3n) is 3.76.